The number of nitrogens with zero attached hydrogens (tertiary/aromatic N) is 2. The summed E-state index contributed by atoms with van der Waals surface area (Å²) < 4.78 is 0. The van der Waals surface area contributed by atoms with Gasteiger partial charge in [0.25, 0.3) is 0 Å². The van der Waals surface area contributed by atoms with Crippen LogP contribution in [0.25, 0.3) is 10.9 Å². The van der Waals surface area contributed by atoms with Gasteiger partial charge in [-0.15, -0.1) is 0 Å². The van der Waals surface area contributed by atoms with Crippen molar-refractivity contribution < 1.29 is 0 Å². The van der Waals surface area contributed by atoms with Gasteiger partial charge in [-0.3, -0.25) is 0 Å². The van der Waals surface area contributed by atoms with Crippen LogP contribution in [0.4, 0.5) is 0 Å². The van der Waals surface area contributed by atoms with E-state index in [9.17, 15) is 0 Å². The highest BCUT2D eigenvalue weighted by Crippen LogP contribution is 2.17. The molecule has 0 aliphatic heterocycles. The molecule has 120 valence electrons. The van der Waals surface area contributed by atoms with E-state index in [1.807, 2.05) is 12.1 Å². The largest absolute Gasteiger partial charge is 0.241 e. The second-order valence-corrected chi connectivity index (χ2v) is 5.85. The Morgan fingerprint density at radius 3 is 2.46 bits per heavy atom. The Kier molecular flexibility index (Phi) is 4.91. The molecule has 0 aliphatic rings. The van der Waals surface area contributed by atoms with Gasteiger partial charge in [-0.05, 0) is 54.7 Å². The fourth-order valence-corrected chi connectivity index (χ4v) is 2.88. The molecule has 1 aromatic heterocycles. The molecular weight excluding hydrogens is 292 g/mol. The van der Waals surface area contributed by atoms with Crippen LogP contribution in [0, 0.1) is 11.8 Å². The molecule has 0 N–H and O–H groups in total. The highest BCUT2D eigenvalue weighted by atomic mass is 14.8. The van der Waals surface area contributed by atoms with E-state index >= 15 is 0 Å². The van der Waals surface area contributed by atoms with Gasteiger partial charge < -0.3 is 0 Å². The fourth-order valence-electron chi connectivity index (χ4n) is 2.88. The SMILES string of the molecule is CCc1ccc(CC)c(C#Cc2ccc3ncnc(CC)c3c2)c1. The molecule has 0 fully saturated rings. The first kappa shape index (κ1) is 16.2. The van der Waals surface area contributed by atoms with Crippen molar-refractivity contribution in [3.8, 4) is 11.8 Å². The number of aryl methyl sites for hydroxylation is 3. The number of benzene rings is 2. The van der Waals surface area contributed by atoms with E-state index < -0.39 is 0 Å². The molecule has 0 atom stereocenters. The van der Waals surface area contributed by atoms with Gasteiger partial charge in [-0.2, -0.15) is 0 Å². The molecule has 0 saturated carbocycles. The van der Waals surface area contributed by atoms with E-state index in [0.29, 0.717) is 0 Å². The molecule has 2 nitrogen and oxygen atoms in total. The molecule has 0 amide bonds. The molecule has 0 spiro atoms. The molecule has 1 heterocycles. The second-order valence-electron chi connectivity index (χ2n) is 5.85. The average Bonchev–Trinajstić information content (AvgIpc) is 2.65. The first-order chi connectivity index (χ1) is 11.7. The summed E-state index contributed by atoms with van der Waals surface area (Å²) in [6.45, 7) is 6.46. The quantitative estimate of drug-likeness (QED) is 0.654. The van der Waals surface area contributed by atoms with Crippen molar-refractivity contribution in [1.82, 2.24) is 9.97 Å². The van der Waals surface area contributed by atoms with Crippen molar-refractivity contribution in [2.45, 2.75) is 40.0 Å². The predicted octanol–water partition coefficient (Wildman–Crippen LogP) is 4.72. The van der Waals surface area contributed by atoms with Crippen molar-refractivity contribution in [2.75, 3.05) is 0 Å². The van der Waals surface area contributed by atoms with E-state index in [0.717, 1.165) is 47.0 Å². The van der Waals surface area contributed by atoms with E-state index in [-0.39, 0.29) is 0 Å². The standard InChI is InChI=1S/C22H22N2/c1-4-16-7-10-18(5-2)19(13-16)11-8-17-9-12-22-20(14-17)21(6-3)23-15-24-22/h7,9-10,12-15H,4-6H2,1-3H3. The van der Waals surface area contributed by atoms with Crippen LogP contribution in [-0.2, 0) is 19.3 Å². The maximum Gasteiger partial charge on any atom is 0.116 e. The van der Waals surface area contributed by atoms with Gasteiger partial charge >= 0.3 is 0 Å². The molecule has 2 aromatic carbocycles. The first-order valence-corrected chi connectivity index (χ1v) is 8.62. The minimum absolute atomic E-state index is 0.897. The summed E-state index contributed by atoms with van der Waals surface area (Å²) in [4.78, 5) is 8.72. The van der Waals surface area contributed by atoms with Crippen LogP contribution in [0.1, 0.15) is 48.7 Å². The Morgan fingerprint density at radius 1 is 0.833 bits per heavy atom. The van der Waals surface area contributed by atoms with Gasteiger partial charge in [-0.1, -0.05) is 44.7 Å². The first-order valence-electron chi connectivity index (χ1n) is 8.62. The van der Waals surface area contributed by atoms with Crippen LogP contribution >= 0.6 is 0 Å². The summed E-state index contributed by atoms with van der Waals surface area (Å²) in [6.07, 6.45) is 4.57. The maximum absolute atomic E-state index is 4.38. The Balaban J connectivity index is 2.04. The van der Waals surface area contributed by atoms with Crippen LogP contribution in [0.2, 0.25) is 0 Å². The summed E-state index contributed by atoms with van der Waals surface area (Å²) >= 11 is 0. The highest BCUT2D eigenvalue weighted by Gasteiger charge is 2.03. The number of rotatable bonds is 3. The van der Waals surface area contributed by atoms with Crippen molar-refractivity contribution in [1.29, 1.82) is 0 Å². The number of fused-ring (bicyclic) bond motifs is 1. The average molecular weight is 314 g/mol. The predicted molar refractivity (Wildman–Crippen MR) is 100 cm³/mol. The third-order valence-corrected chi connectivity index (χ3v) is 4.36. The van der Waals surface area contributed by atoms with Gasteiger partial charge in [-0.25, -0.2) is 9.97 Å². The molecule has 0 radical (unpaired) electrons. The lowest BCUT2D eigenvalue weighted by Gasteiger charge is -2.04. The maximum atomic E-state index is 4.38. The van der Waals surface area contributed by atoms with Gasteiger partial charge in [0.1, 0.15) is 6.33 Å². The van der Waals surface area contributed by atoms with Crippen molar-refractivity contribution in [3.63, 3.8) is 0 Å². The summed E-state index contributed by atoms with van der Waals surface area (Å²) in [5.41, 5.74) is 6.84. The van der Waals surface area contributed by atoms with Crippen molar-refractivity contribution in [3.05, 3.63) is 70.7 Å². The van der Waals surface area contributed by atoms with Crippen LogP contribution in [0.5, 0.6) is 0 Å². The summed E-state index contributed by atoms with van der Waals surface area (Å²) in [7, 11) is 0. The lowest BCUT2D eigenvalue weighted by atomic mass is 10.0. The van der Waals surface area contributed by atoms with E-state index in [1.54, 1.807) is 6.33 Å². The molecular formula is C22H22N2. The molecule has 0 unspecified atom stereocenters. The van der Waals surface area contributed by atoms with E-state index in [1.165, 1.54) is 11.1 Å². The molecule has 2 heteroatoms. The molecule has 0 saturated heterocycles. The Hall–Kier alpha value is -2.66. The zero-order chi connectivity index (χ0) is 16.9. The molecule has 0 bridgehead atoms. The number of aromatic nitrogens is 2. The summed E-state index contributed by atoms with van der Waals surface area (Å²) in [5.74, 6) is 6.69. The highest BCUT2D eigenvalue weighted by molar-refractivity contribution is 5.82. The summed E-state index contributed by atoms with van der Waals surface area (Å²) in [6, 6.07) is 12.8. The minimum atomic E-state index is 0.897. The Bertz CT molecular complexity index is 930. The van der Waals surface area contributed by atoms with Crippen molar-refractivity contribution in [2.24, 2.45) is 0 Å². The van der Waals surface area contributed by atoms with Crippen molar-refractivity contribution >= 4 is 10.9 Å². The van der Waals surface area contributed by atoms with Gasteiger partial charge in [0.05, 0.1) is 11.2 Å². The number of hydrogen-bond acceptors (Lipinski definition) is 2. The lowest BCUT2D eigenvalue weighted by Crippen LogP contribution is -1.92. The third kappa shape index (κ3) is 3.31. The Morgan fingerprint density at radius 2 is 1.71 bits per heavy atom. The smallest absolute Gasteiger partial charge is 0.116 e. The minimum Gasteiger partial charge on any atom is -0.241 e. The second kappa shape index (κ2) is 7.27. The van der Waals surface area contributed by atoms with E-state index in [4.69, 9.17) is 0 Å². The normalized spacial score (nSPS) is 10.5. The van der Waals surface area contributed by atoms with Crippen LogP contribution in [0.15, 0.2) is 42.7 Å². The molecule has 24 heavy (non-hydrogen) atoms. The Labute approximate surface area is 144 Å². The lowest BCUT2D eigenvalue weighted by molar-refractivity contribution is 1.03. The molecule has 0 aliphatic carbocycles. The van der Waals surface area contributed by atoms with E-state index in [2.05, 4.69) is 66.8 Å². The fraction of sp³-hybridized carbons (Fsp3) is 0.273. The zero-order valence-electron chi connectivity index (χ0n) is 14.6. The third-order valence-electron chi connectivity index (χ3n) is 4.36. The van der Waals surface area contributed by atoms with Crippen LogP contribution in [0.3, 0.4) is 0 Å². The van der Waals surface area contributed by atoms with Gasteiger partial charge in [0.15, 0.2) is 0 Å². The number of hydrogen-bond donors (Lipinski definition) is 0. The monoisotopic (exact) mass is 314 g/mol. The van der Waals surface area contributed by atoms with Gasteiger partial charge in [0, 0.05) is 16.5 Å². The van der Waals surface area contributed by atoms with Crippen LogP contribution < -0.4 is 0 Å². The zero-order valence-corrected chi connectivity index (χ0v) is 14.6. The topological polar surface area (TPSA) is 25.8 Å². The summed E-state index contributed by atoms with van der Waals surface area (Å²) in [5, 5.41) is 1.10. The van der Waals surface area contributed by atoms with Crippen LogP contribution in [-0.4, -0.2) is 9.97 Å². The molecule has 3 aromatic rings. The van der Waals surface area contributed by atoms with Gasteiger partial charge in [0.2, 0.25) is 0 Å². The molecule has 3 rings (SSSR count).